The van der Waals surface area contributed by atoms with E-state index >= 15 is 0 Å². The highest BCUT2D eigenvalue weighted by molar-refractivity contribution is 7.73. The van der Waals surface area contributed by atoms with Gasteiger partial charge in [0.15, 0.2) is 0 Å². The molecule has 10 amide bonds. The first-order chi connectivity index (χ1) is 53.3. The van der Waals surface area contributed by atoms with Crippen molar-refractivity contribution in [2.24, 2.45) is 0 Å². The van der Waals surface area contributed by atoms with Gasteiger partial charge in [-0.15, -0.1) is 65.9 Å². The van der Waals surface area contributed by atoms with Crippen molar-refractivity contribution in [1.82, 2.24) is 62.1 Å². The van der Waals surface area contributed by atoms with Gasteiger partial charge in [-0.05, 0) is 167 Å². The van der Waals surface area contributed by atoms with E-state index in [1.165, 1.54) is 25.8 Å². The molecule has 37 heteroatoms. The molecule has 10 aliphatic heterocycles. The zero-order chi connectivity index (χ0) is 86.3. The second kappa shape index (κ2) is 43.0. The Kier molecular flexibility index (Phi) is 37.0. The van der Waals surface area contributed by atoms with Crippen LogP contribution < -0.4 is 42.5 Å². The van der Waals surface area contributed by atoms with E-state index in [1.807, 2.05) is 0 Å². The lowest BCUT2D eigenvalue weighted by Crippen LogP contribution is -2.48. The molecule has 654 valence electrons. The maximum Gasteiger partial charge on any atom is 0.325 e. The predicted octanol–water partition coefficient (Wildman–Crippen LogP) is 2.42. The minimum absolute atomic E-state index is 0.180. The quantitative estimate of drug-likeness (QED) is 0.0395. The summed E-state index contributed by atoms with van der Waals surface area (Å²) in [6.45, 7) is 33.7. The summed E-state index contributed by atoms with van der Waals surface area (Å²) in [5, 5.41) is 125. The van der Waals surface area contributed by atoms with Crippen LogP contribution in [0.4, 0.5) is 24.0 Å². The van der Waals surface area contributed by atoms with E-state index in [-0.39, 0.29) is 30.2 Å². The van der Waals surface area contributed by atoms with Gasteiger partial charge in [0.1, 0.15) is 91.6 Å². The van der Waals surface area contributed by atoms with Crippen LogP contribution in [0, 0.1) is 0 Å². The number of carbonyl (C=O) groups is 5. The SMILES string of the molecule is C=C1NC(=O)N(C)C=C1C1O[C@H](CCP(=C)(C)C)[C@@H](O)[C@H]1O.C=C1NC(=O)N(C)C=C1C1O[C@H](CCP(=C)(C)C)[C@@H](O)[C@H]1O.C=C1NC(=O)NC=C1C1O[C@H](CCP(=C)(C)C)[C@@H](O)[C@H]1O.C=P(C)(C)CC[C@H]1OC(C2=CN(CNCCC)C(=O)NC2)[C@H](O)[C@@H]1O.C=P(C)(C)CC[C@H]1OC(C2=CN(CNCCC)C(=O)NC2)[C@H](O)[C@@H]1O. The molecule has 0 aromatic carbocycles. The zero-order valence-corrected chi connectivity index (χ0v) is 74.4. The van der Waals surface area contributed by atoms with Crippen molar-refractivity contribution in [2.75, 3.05) is 151 Å². The Bertz CT molecular complexity index is 3650. The number of nitrogens with zero attached hydrogens (tertiary/aromatic N) is 4. The molecule has 0 spiro atoms. The molecule has 5 saturated heterocycles. The van der Waals surface area contributed by atoms with Crippen molar-refractivity contribution in [1.29, 1.82) is 0 Å². The smallest absolute Gasteiger partial charge is 0.325 e. The van der Waals surface area contributed by atoms with Crippen molar-refractivity contribution in [2.45, 2.75) is 181 Å². The first-order valence-corrected chi connectivity index (χ1v) is 54.3. The highest BCUT2D eigenvalue weighted by Crippen LogP contribution is 2.44. The van der Waals surface area contributed by atoms with Crippen LogP contribution in [0.1, 0.15) is 58.8 Å². The van der Waals surface area contributed by atoms with Gasteiger partial charge in [-0.25, -0.2) is 24.0 Å². The molecule has 5 fully saturated rings. The van der Waals surface area contributed by atoms with E-state index in [2.05, 4.69) is 174 Å². The van der Waals surface area contributed by atoms with Gasteiger partial charge in [-0.3, -0.25) is 20.4 Å². The summed E-state index contributed by atoms with van der Waals surface area (Å²) in [6.07, 6.45) is 23.4. The molecule has 5 unspecified atom stereocenters. The lowest BCUT2D eigenvalue weighted by molar-refractivity contribution is 0.0180. The molecule has 0 aliphatic carbocycles. The van der Waals surface area contributed by atoms with Crippen LogP contribution in [0.15, 0.2) is 95.7 Å². The summed E-state index contributed by atoms with van der Waals surface area (Å²) in [7, 11) is 3.21. The summed E-state index contributed by atoms with van der Waals surface area (Å²) >= 11 is 0. The number of rotatable bonds is 28. The number of carbonyl (C=O) groups excluding carboxylic acids is 5. The molecule has 10 aliphatic rings. The van der Waals surface area contributed by atoms with Gasteiger partial charge in [0.05, 0.1) is 43.9 Å². The van der Waals surface area contributed by atoms with Gasteiger partial charge in [0, 0.05) is 92.0 Å². The summed E-state index contributed by atoms with van der Waals surface area (Å²) in [5.74, 6) is 0. The third-order valence-corrected chi connectivity index (χ3v) is 27.9. The van der Waals surface area contributed by atoms with Crippen molar-refractivity contribution < 1.29 is 98.7 Å². The van der Waals surface area contributed by atoms with Crippen LogP contribution in [0.5, 0.6) is 0 Å². The summed E-state index contributed by atoms with van der Waals surface area (Å²) < 4.78 is 29.4. The van der Waals surface area contributed by atoms with Crippen LogP contribution in [0.25, 0.3) is 0 Å². The van der Waals surface area contributed by atoms with Gasteiger partial charge >= 0.3 is 30.2 Å². The summed E-state index contributed by atoms with van der Waals surface area (Å²) in [4.78, 5) is 64.0. The summed E-state index contributed by atoms with van der Waals surface area (Å²) in [5.41, 5.74) is 4.42. The number of nitrogens with one attached hydrogen (secondary N) is 8. The minimum Gasteiger partial charge on any atom is -0.388 e. The zero-order valence-electron chi connectivity index (χ0n) is 69.9. The fourth-order valence-corrected chi connectivity index (χ4v) is 18.5. The molecule has 0 aromatic heterocycles. The van der Waals surface area contributed by atoms with Gasteiger partial charge in [0.25, 0.3) is 0 Å². The number of hydrogen-bond donors (Lipinski definition) is 18. The normalized spacial score (nSPS) is 31.9. The van der Waals surface area contributed by atoms with Gasteiger partial charge in [-0.1, -0.05) is 33.6 Å². The highest BCUT2D eigenvalue weighted by Gasteiger charge is 2.50. The average molecular weight is 1720 g/mol. The number of aliphatic hydroxyl groups excluding tert-OH is 10. The molecule has 115 heavy (non-hydrogen) atoms. The Morgan fingerprint density at radius 1 is 0.391 bits per heavy atom. The van der Waals surface area contributed by atoms with E-state index in [1.54, 1.807) is 38.9 Å². The first kappa shape index (κ1) is 98.9. The molecule has 32 nitrogen and oxygen atoms in total. The monoisotopic (exact) mass is 1720 g/mol. The van der Waals surface area contributed by atoms with E-state index < -0.39 is 157 Å². The van der Waals surface area contributed by atoms with Crippen LogP contribution in [-0.4, -0.2) is 405 Å². The van der Waals surface area contributed by atoms with E-state index in [0.717, 1.165) is 67.9 Å². The molecule has 0 saturated carbocycles. The molecule has 20 atom stereocenters. The van der Waals surface area contributed by atoms with Crippen molar-refractivity contribution in [3.05, 3.63) is 95.7 Å². The number of hydrogen-bond acceptors (Lipinski definition) is 22. The topological polar surface area (TPSA) is 443 Å². The van der Waals surface area contributed by atoms with E-state index in [4.69, 9.17) is 23.7 Å². The molecule has 10 heterocycles. The van der Waals surface area contributed by atoms with E-state index in [9.17, 15) is 75.0 Å². The largest absolute Gasteiger partial charge is 0.388 e. The molecular formula is C78H137N12O20P5. The number of aliphatic hydroxyl groups is 10. The molecule has 0 aromatic rings. The van der Waals surface area contributed by atoms with Gasteiger partial charge < -0.3 is 116 Å². The molecule has 10 rings (SSSR count). The Labute approximate surface area is 681 Å². The average Bonchev–Trinajstić information content (AvgIpc) is 1.63. The van der Waals surface area contributed by atoms with Crippen molar-refractivity contribution >= 4 is 96.1 Å². The van der Waals surface area contributed by atoms with Gasteiger partial charge in [-0.2, -0.15) is 0 Å². The third kappa shape index (κ3) is 29.5. The highest BCUT2D eigenvalue weighted by atomic mass is 31.2. The predicted molar refractivity (Wildman–Crippen MR) is 469 cm³/mol. The lowest BCUT2D eigenvalue weighted by atomic mass is 9.99. The Hall–Kier alpha value is -4.91. The van der Waals surface area contributed by atoms with E-state index in [0.29, 0.717) is 92.3 Å². The van der Waals surface area contributed by atoms with Crippen LogP contribution in [0.3, 0.4) is 0 Å². The maximum atomic E-state index is 11.9. The maximum absolute atomic E-state index is 11.9. The van der Waals surface area contributed by atoms with Crippen LogP contribution in [0.2, 0.25) is 0 Å². The van der Waals surface area contributed by atoms with Crippen molar-refractivity contribution in [3.63, 3.8) is 0 Å². The van der Waals surface area contributed by atoms with Crippen molar-refractivity contribution in [3.8, 4) is 0 Å². The number of urea groups is 5. The molecule has 0 bridgehead atoms. The number of amides is 10. The Morgan fingerprint density at radius 2 is 0.652 bits per heavy atom. The summed E-state index contributed by atoms with van der Waals surface area (Å²) in [6, 6.07) is -1.32. The molecule has 18 N–H and O–H groups in total. The first-order valence-electron chi connectivity index (χ1n) is 39.1. The lowest BCUT2D eigenvalue weighted by Gasteiger charge is -2.29. The minimum atomic E-state index is -1.22. The molecule has 0 radical (unpaired) electrons. The van der Waals surface area contributed by atoms with Gasteiger partial charge in [0.2, 0.25) is 0 Å². The number of ether oxygens (including phenoxy) is 5. The second-order valence-electron chi connectivity index (χ2n) is 34.5. The fraction of sp³-hybridized carbons (Fsp3) is 0.667. The van der Waals surface area contributed by atoms with Crippen LogP contribution >= 0.6 is 34.4 Å². The second-order valence-corrected chi connectivity index (χ2v) is 56.1. The molecular weight excluding hydrogens is 1580 g/mol. The fourth-order valence-electron chi connectivity index (χ4n) is 13.7. The third-order valence-electron chi connectivity index (χ3n) is 20.5. The van der Waals surface area contributed by atoms with Crippen LogP contribution in [-0.2, 0) is 23.7 Å². The standard InChI is InChI=1S/2C17H32N3O4P.2C15H25N2O4P.C14H23N2O4P/c2*1-5-7-18-11-20-10-12(9-19-17(20)23)16-15(22)14(21)13(24-16)6-8-25(2,3)4;2*1-9-10(8-17(2)15(20)16-9)14-13(19)12(18)11(21-14)6-7-22(3,4)5;1-8-9(7-15-14(19)16-8)13-12(18)11(17)10(20-13)5-6-21(2,3)4/h2*10,13-16,18,21-22H,2,5-9,11H2,1,3-4H3,(H,19,23);2*8,11-14,18-19H,1,3,6-7H2,2,4-5H3,(H,16,20);7,10-13,17-18H,1-2,5-6H2,3-4H3,(H2,15,16,19)/t2*13-,14-,15-,16?;2*11-,12-,13-,14?;10-,11-,12-,13?/m11111/s1. The Morgan fingerprint density at radius 3 is 0.922 bits per heavy atom. The Balaban J connectivity index is 0.000000224.